The number of nitrogens with one attached hydrogen (secondary N) is 1. The molecule has 0 radical (unpaired) electrons. The van der Waals surface area contributed by atoms with Crippen molar-refractivity contribution in [2.75, 3.05) is 4.90 Å². The highest BCUT2D eigenvalue weighted by Crippen LogP contribution is 2.46. The third-order valence-corrected chi connectivity index (χ3v) is 5.94. The molecule has 4 aromatic rings. The normalized spacial score (nSPS) is 18.4. The fourth-order valence-electron chi connectivity index (χ4n) is 4.42. The lowest BCUT2D eigenvalue weighted by Crippen LogP contribution is -2.40. The van der Waals surface area contributed by atoms with Crippen LogP contribution in [0.4, 0.5) is 5.69 Å². The van der Waals surface area contributed by atoms with Gasteiger partial charge in [-0.1, -0.05) is 60.2 Å². The Morgan fingerprint density at radius 1 is 0.966 bits per heavy atom. The lowest BCUT2D eigenvalue weighted by atomic mass is 9.87. The number of nitrogens with zero attached hydrogens (tertiary/aromatic N) is 1. The van der Waals surface area contributed by atoms with Gasteiger partial charge in [0.1, 0.15) is 0 Å². The van der Waals surface area contributed by atoms with E-state index in [1.165, 1.54) is 5.56 Å². The molecule has 144 valence electrons. The first-order valence-electron chi connectivity index (χ1n) is 9.76. The first kappa shape index (κ1) is 17.7. The molecule has 4 nitrogen and oxygen atoms in total. The minimum absolute atomic E-state index is 0.316. The van der Waals surface area contributed by atoms with Crippen LogP contribution in [0.5, 0.6) is 0 Å². The van der Waals surface area contributed by atoms with E-state index in [1.807, 2.05) is 48.5 Å². The van der Waals surface area contributed by atoms with Crippen molar-refractivity contribution < 1.29 is 9.90 Å². The molecule has 0 fully saturated rings. The molecule has 0 unspecified atom stereocenters. The summed E-state index contributed by atoms with van der Waals surface area (Å²) in [5.41, 5.74) is 4.55. The van der Waals surface area contributed by atoms with Crippen LogP contribution in [-0.2, 0) is 16.9 Å². The second-order valence-electron chi connectivity index (χ2n) is 7.80. The second kappa shape index (κ2) is 6.33. The molecule has 0 bridgehead atoms. The van der Waals surface area contributed by atoms with Crippen LogP contribution in [0.3, 0.4) is 0 Å². The minimum atomic E-state index is -1.71. The quantitative estimate of drug-likeness (QED) is 0.545. The largest absolute Gasteiger partial charge is 0.372 e. The highest BCUT2D eigenvalue weighted by molar-refractivity contribution is 6.11. The van der Waals surface area contributed by atoms with Crippen LogP contribution in [0.2, 0.25) is 0 Å². The first-order chi connectivity index (χ1) is 14.0. The Kier molecular flexibility index (Phi) is 3.86. The Balaban J connectivity index is 1.66. The zero-order valence-electron chi connectivity index (χ0n) is 16.4. The van der Waals surface area contributed by atoms with Crippen molar-refractivity contribution in [3.05, 3.63) is 101 Å². The molecular formula is C25H22N2O2. The number of carbonyl (C=O) groups excluding carboxylic acids is 1. The SMILES string of the molecule is Cc1ccc(CN2C(=O)[C@](O)(c3c[nH]c4ccccc34)c3ccccc32)c(C)c1. The van der Waals surface area contributed by atoms with E-state index in [0.29, 0.717) is 17.7 Å². The van der Waals surface area contributed by atoms with Gasteiger partial charge in [0, 0.05) is 28.2 Å². The number of aromatic nitrogens is 1. The molecule has 1 aromatic heterocycles. The van der Waals surface area contributed by atoms with Gasteiger partial charge in [0.05, 0.1) is 12.2 Å². The van der Waals surface area contributed by atoms with Gasteiger partial charge in [-0.3, -0.25) is 4.79 Å². The standard InChI is InChI=1S/C25H22N2O2/c1-16-11-12-18(17(2)13-16)15-27-23-10-6-4-8-20(23)25(29,24(27)28)21-14-26-22-9-5-3-7-19(21)22/h3-14,26,29H,15H2,1-2H3/t25-/m1/s1. The van der Waals surface area contributed by atoms with E-state index in [2.05, 4.69) is 37.0 Å². The molecule has 1 amide bonds. The van der Waals surface area contributed by atoms with E-state index < -0.39 is 5.60 Å². The van der Waals surface area contributed by atoms with E-state index >= 15 is 0 Å². The fourth-order valence-corrected chi connectivity index (χ4v) is 4.42. The molecule has 0 saturated carbocycles. The molecule has 5 rings (SSSR count). The molecule has 4 heteroatoms. The number of hydrogen-bond donors (Lipinski definition) is 2. The molecule has 1 aliphatic heterocycles. The second-order valence-corrected chi connectivity index (χ2v) is 7.80. The molecule has 0 saturated heterocycles. The molecule has 3 aromatic carbocycles. The summed E-state index contributed by atoms with van der Waals surface area (Å²) in [6, 6.07) is 21.5. The van der Waals surface area contributed by atoms with Crippen molar-refractivity contribution >= 4 is 22.5 Å². The van der Waals surface area contributed by atoms with E-state index in [1.54, 1.807) is 11.1 Å². The number of aromatic amines is 1. The Morgan fingerprint density at radius 3 is 2.55 bits per heavy atom. The Hall–Kier alpha value is -3.37. The summed E-state index contributed by atoms with van der Waals surface area (Å²) in [6.07, 6.45) is 1.75. The van der Waals surface area contributed by atoms with E-state index in [4.69, 9.17) is 0 Å². The summed E-state index contributed by atoms with van der Waals surface area (Å²) in [6.45, 7) is 4.54. The molecule has 2 N–H and O–H groups in total. The topological polar surface area (TPSA) is 56.3 Å². The Labute approximate surface area is 169 Å². The van der Waals surface area contributed by atoms with Gasteiger partial charge in [0.25, 0.3) is 5.91 Å². The fraction of sp³-hybridized carbons (Fsp3) is 0.160. The molecule has 2 heterocycles. The number of aliphatic hydroxyl groups is 1. The molecular weight excluding hydrogens is 360 g/mol. The Bertz CT molecular complexity index is 1260. The summed E-state index contributed by atoms with van der Waals surface area (Å²) in [5, 5.41) is 12.7. The number of benzene rings is 3. The number of aryl methyl sites for hydroxylation is 2. The summed E-state index contributed by atoms with van der Waals surface area (Å²) < 4.78 is 0. The van der Waals surface area contributed by atoms with Crippen LogP contribution in [0, 0.1) is 13.8 Å². The molecule has 0 aliphatic carbocycles. The predicted molar refractivity (Wildman–Crippen MR) is 115 cm³/mol. The maximum absolute atomic E-state index is 13.7. The van der Waals surface area contributed by atoms with Gasteiger partial charge in [0.2, 0.25) is 0 Å². The van der Waals surface area contributed by atoms with Gasteiger partial charge >= 0.3 is 0 Å². The number of para-hydroxylation sites is 2. The first-order valence-corrected chi connectivity index (χ1v) is 9.76. The van der Waals surface area contributed by atoms with Gasteiger partial charge in [-0.15, -0.1) is 0 Å². The van der Waals surface area contributed by atoms with Crippen LogP contribution in [0.1, 0.15) is 27.8 Å². The zero-order valence-corrected chi connectivity index (χ0v) is 16.4. The molecule has 1 atom stereocenters. The van der Waals surface area contributed by atoms with Crippen LogP contribution < -0.4 is 4.90 Å². The van der Waals surface area contributed by atoms with E-state index in [-0.39, 0.29) is 5.91 Å². The monoisotopic (exact) mass is 382 g/mol. The van der Waals surface area contributed by atoms with Crippen LogP contribution >= 0.6 is 0 Å². The predicted octanol–water partition coefficient (Wildman–Crippen LogP) is 4.57. The lowest BCUT2D eigenvalue weighted by molar-refractivity contribution is -0.132. The van der Waals surface area contributed by atoms with Gasteiger partial charge in [-0.2, -0.15) is 0 Å². The number of anilines is 1. The number of amides is 1. The number of H-pyrrole nitrogens is 1. The summed E-state index contributed by atoms with van der Waals surface area (Å²) in [5.74, 6) is -0.316. The zero-order chi connectivity index (χ0) is 20.2. The summed E-state index contributed by atoms with van der Waals surface area (Å²) >= 11 is 0. The summed E-state index contributed by atoms with van der Waals surface area (Å²) in [7, 11) is 0. The number of fused-ring (bicyclic) bond motifs is 2. The van der Waals surface area contributed by atoms with Crippen molar-refractivity contribution in [3.63, 3.8) is 0 Å². The number of hydrogen-bond acceptors (Lipinski definition) is 2. The van der Waals surface area contributed by atoms with Gasteiger partial charge in [0.15, 0.2) is 5.60 Å². The van der Waals surface area contributed by atoms with E-state index in [0.717, 1.165) is 27.7 Å². The minimum Gasteiger partial charge on any atom is -0.372 e. The number of carbonyl (C=O) groups is 1. The third-order valence-electron chi connectivity index (χ3n) is 5.94. The van der Waals surface area contributed by atoms with Crippen molar-refractivity contribution in [3.8, 4) is 0 Å². The third kappa shape index (κ3) is 2.53. The van der Waals surface area contributed by atoms with Crippen molar-refractivity contribution in [1.29, 1.82) is 0 Å². The summed E-state index contributed by atoms with van der Waals surface area (Å²) in [4.78, 5) is 18.6. The van der Waals surface area contributed by atoms with Gasteiger partial charge < -0.3 is 15.0 Å². The Morgan fingerprint density at radius 2 is 1.72 bits per heavy atom. The average molecular weight is 382 g/mol. The highest BCUT2D eigenvalue weighted by atomic mass is 16.3. The molecule has 0 spiro atoms. The van der Waals surface area contributed by atoms with Gasteiger partial charge in [-0.05, 0) is 37.1 Å². The van der Waals surface area contributed by atoms with E-state index in [9.17, 15) is 9.90 Å². The van der Waals surface area contributed by atoms with Crippen molar-refractivity contribution in [2.24, 2.45) is 0 Å². The van der Waals surface area contributed by atoms with Crippen molar-refractivity contribution in [2.45, 2.75) is 26.0 Å². The smallest absolute Gasteiger partial charge is 0.268 e. The van der Waals surface area contributed by atoms with Crippen LogP contribution in [-0.4, -0.2) is 16.0 Å². The lowest BCUT2D eigenvalue weighted by Gasteiger charge is -2.23. The maximum Gasteiger partial charge on any atom is 0.268 e. The average Bonchev–Trinajstić information content (AvgIpc) is 3.25. The molecule has 1 aliphatic rings. The van der Waals surface area contributed by atoms with Gasteiger partial charge in [-0.25, -0.2) is 0 Å². The van der Waals surface area contributed by atoms with Crippen molar-refractivity contribution in [1.82, 2.24) is 4.98 Å². The highest BCUT2D eigenvalue weighted by Gasteiger charge is 2.52. The number of rotatable bonds is 3. The van der Waals surface area contributed by atoms with Crippen LogP contribution in [0.25, 0.3) is 10.9 Å². The van der Waals surface area contributed by atoms with Crippen LogP contribution in [0.15, 0.2) is 72.9 Å². The molecule has 29 heavy (non-hydrogen) atoms. The maximum atomic E-state index is 13.7.